The van der Waals surface area contributed by atoms with E-state index in [0.29, 0.717) is 31.1 Å². The van der Waals surface area contributed by atoms with E-state index in [0.717, 1.165) is 29.7 Å². The molecule has 2 amide bonds. The number of rotatable bonds is 9. The van der Waals surface area contributed by atoms with Gasteiger partial charge in [-0.15, -0.1) is 11.3 Å². The molecule has 11 heteroatoms. The van der Waals surface area contributed by atoms with E-state index in [2.05, 4.69) is 10.3 Å². The second-order valence-electron chi connectivity index (χ2n) is 7.95. The Morgan fingerprint density at radius 1 is 1.32 bits per heavy atom. The highest BCUT2D eigenvalue weighted by molar-refractivity contribution is 7.14. The molecule has 1 aromatic carbocycles. The fourth-order valence-corrected chi connectivity index (χ4v) is 4.63. The molecule has 1 N–H and O–H groups in total. The van der Waals surface area contributed by atoms with Crippen molar-refractivity contribution >= 4 is 34.3 Å². The molecule has 2 fully saturated rings. The van der Waals surface area contributed by atoms with E-state index in [9.17, 15) is 14.4 Å². The number of hydrogen-bond acceptors (Lipinski definition) is 9. The number of carbonyl (C=O) groups excluding carboxylic acids is 3. The molecular formula is C23H27N3O7S. The van der Waals surface area contributed by atoms with Gasteiger partial charge < -0.3 is 29.2 Å². The van der Waals surface area contributed by atoms with Gasteiger partial charge in [0.05, 0.1) is 26.9 Å². The number of nitrogens with zero attached hydrogens (tertiary/aromatic N) is 2. The smallest absolute Gasteiger partial charge is 0.357 e. The van der Waals surface area contributed by atoms with Crippen LogP contribution in [-0.2, 0) is 19.1 Å². The number of benzene rings is 1. The van der Waals surface area contributed by atoms with Crippen LogP contribution in [0.4, 0.5) is 5.13 Å². The first-order chi connectivity index (χ1) is 16.5. The zero-order valence-electron chi connectivity index (χ0n) is 19.1. The van der Waals surface area contributed by atoms with Gasteiger partial charge in [0, 0.05) is 30.7 Å². The Kier molecular flexibility index (Phi) is 7.63. The van der Waals surface area contributed by atoms with Crippen molar-refractivity contribution in [2.24, 2.45) is 0 Å². The van der Waals surface area contributed by atoms with Crippen molar-refractivity contribution in [3.63, 3.8) is 0 Å². The first-order valence-corrected chi connectivity index (χ1v) is 12.0. The van der Waals surface area contributed by atoms with Crippen molar-refractivity contribution in [1.82, 2.24) is 9.88 Å². The molecule has 2 unspecified atom stereocenters. The van der Waals surface area contributed by atoms with E-state index >= 15 is 0 Å². The maximum atomic E-state index is 12.6. The maximum absolute atomic E-state index is 12.6. The quantitative estimate of drug-likeness (QED) is 0.535. The van der Waals surface area contributed by atoms with Crippen LogP contribution in [0.5, 0.6) is 11.5 Å². The molecule has 4 rings (SSSR count). The molecule has 0 radical (unpaired) electrons. The summed E-state index contributed by atoms with van der Waals surface area (Å²) in [7, 11) is 1.58. The molecule has 34 heavy (non-hydrogen) atoms. The average molecular weight is 490 g/mol. The third-order valence-corrected chi connectivity index (χ3v) is 6.35. The number of likely N-dealkylation sites (tertiary alicyclic amines) is 1. The van der Waals surface area contributed by atoms with Crippen LogP contribution in [0.25, 0.3) is 0 Å². The number of hydrogen-bond donors (Lipinski definition) is 1. The molecule has 2 aliphatic rings. The Labute approximate surface area is 201 Å². The molecule has 0 bridgehead atoms. The van der Waals surface area contributed by atoms with Crippen molar-refractivity contribution in [2.75, 3.05) is 38.7 Å². The van der Waals surface area contributed by atoms with Gasteiger partial charge in [-0.2, -0.15) is 0 Å². The minimum atomic E-state index is -0.542. The van der Waals surface area contributed by atoms with Crippen LogP contribution in [0.2, 0.25) is 0 Å². The monoisotopic (exact) mass is 489 g/mol. The highest BCUT2D eigenvalue weighted by Gasteiger charge is 2.32. The van der Waals surface area contributed by atoms with Gasteiger partial charge >= 0.3 is 5.97 Å². The molecule has 0 aliphatic carbocycles. The summed E-state index contributed by atoms with van der Waals surface area (Å²) in [5.74, 6) is 0.0782. The molecule has 1 aromatic heterocycles. The number of aromatic nitrogens is 1. The average Bonchev–Trinajstić information content (AvgIpc) is 3.57. The Balaban J connectivity index is 1.36. The van der Waals surface area contributed by atoms with Crippen molar-refractivity contribution < 1.29 is 33.3 Å². The molecule has 2 aromatic rings. The fraction of sp³-hybridized carbons (Fsp3) is 0.478. The van der Waals surface area contributed by atoms with Gasteiger partial charge in [-0.05, 0) is 31.0 Å². The van der Waals surface area contributed by atoms with Gasteiger partial charge in [0.15, 0.2) is 28.6 Å². The highest BCUT2D eigenvalue weighted by Crippen LogP contribution is 2.36. The van der Waals surface area contributed by atoms with Gasteiger partial charge in [-0.3, -0.25) is 9.59 Å². The van der Waals surface area contributed by atoms with E-state index in [-0.39, 0.29) is 48.0 Å². The first-order valence-electron chi connectivity index (χ1n) is 11.1. The van der Waals surface area contributed by atoms with E-state index in [1.807, 2.05) is 18.2 Å². The zero-order chi connectivity index (χ0) is 24.1. The summed E-state index contributed by atoms with van der Waals surface area (Å²) in [5.41, 5.74) is 1.07. The Morgan fingerprint density at radius 3 is 2.91 bits per heavy atom. The largest absolute Gasteiger partial charge is 0.493 e. The Bertz CT molecular complexity index is 1050. The van der Waals surface area contributed by atoms with Gasteiger partial charge in [0.25, 0.3) is 0 Å². The lowest BCUT2D eigenvalue weighted by Crippen LogP contribution is -2.34. The van der Waals surface area contributed by atoms with Crippen LogP contribution in [0.15, 0.2) is 23.6 Å². The second kappa shape index (κ2) is 10.8. The molecule has 2 atom stereocenters. The minimum absolute atomic E-state index is 0.0756. The highest BCUT2D eigenvalue weighted by atomic mass is 32.1. The lowest BCUT2D eigenvalue weighted by Gasteiger charge is -2.19. The number of amides is 2. The number of carbonyl (C=O) groups is 3. The van der Waals surface area contributed by atoms with Crippen molar-refractivity contribution in [3.05, 3.63) is 34.8 Å². The lowest BCUT2D eigenvalue weighted by atomic mass is 9.98. The number of thiazole rings is 1. The fourth-order valence-electron chi connectivity index (χ4n) is 3.93. The molecule has 0 saturated carbocycles. The number of esters is 1. The molecule has 182 valence electrons. The van der Waals surface area contributed by atoms with E-state index in [4.69, 9.17) is 18.9 Å². The zero-order valence-corrected chi connectivity index (χ0v) is 19.9. The Hall–Kier alpha value is -3.18. The summed E-state index contributed by atoms with van der Waals surface area (Å²) >= 11 is 1.12. The summed E-state index contributed by atoms with van der Waals surface area (Å²) in [6, 6.07) is 5.62. The minimum Gasteiger partial charge on any atom is -0.493 e. The van der Waals surface area contributed by atoms with Crippen molar-refractivity contribution in [2.45, 2.75) is 38.4 Å². The lowest BCUT2D eigenvalue weighted by molar-refractivity contribution is -0.131. The SMILES string of the molecule is CCOC(=O)c1csc(NC(=O)CN2CC(c3ccc(OC)c(OC4CCCO4)c3)CC2=O)n1. The number of nitrogens with one attached hydrogen (secondary N) is 1. The molecule has 10 nitrogen and oxygen atoms in total. The number of ether oxygens (including phenoxy) is 4. The third-order valence-electron chi connectivity index (χ3n) is 5.59. The molecule has 3 heterocycles. The van der Waals surface area contributed by atoms with Crippen LogP contribution in [-0.4, -0.2) is 67.4 Å². The predicted octanol–water partition coefficient (Wildman–Crippen LogP) is 2.80. The van der Waals surface area contributed by atoms with E-state index in [1.54, 1.807) is 14.0 Å². The third kappa shape index (κ3) is 5.65. The van der Waals surface area contributed by atoms with Crippen molar-refractivity contribution in [3.8, 4) is 11.5 Å². The van der Waals surface area contributed by atoms with Crippen LogP contribution >= 0.6 is 11.3 Å². The first kappa shape index (κ1) is 24.0. The predicted molar refractivity (Wildman–Crippen MR) is 123 cm³/mol. The molecule has 0 spiro atoms. The topological polar surface area (TPSA) is 116 Å². The number of methoxy groups -OCH3 is 1. The van der Waals surface area contributed by atoms with Crippen LogP contribution in [0.1, 0.15) is 48.2 Å². The van der Waals surface area contributed by atoms with Crippen LogP contribution in [0, 0.1) is 0 Å². The maximum Gasteiger partial charge on any atom is 0.357 e. The molecular weight excluding hydrogens is 462 g/mol. The van der Waals surface area contributed by atoms with Gasteiger partial charge in [0.2, 0.25) is 11.8 Å². The normalized spacial score (nSPS) is 19.8. The van der Waals surface area contributed by atoms with Crippen LogP contribution in [0.3, 0.4) is 0 Å². The summed E-state index contributed by atoms with van der Waals surface area (Å²) in [6.45, 7) is 2.93. The number of anilines is 1. The summed E-state index contributed by atoms with van der Waals surface area (Å²) in [6.07, 6.45) is 1.76. The van der Waals surface area contributed by atoms with Gasteiger partial charge in [-0.1, -0.05) is 6.07 Å². The standard InChI is InChI=1S/C23H27N3O7S/c1-3-31-22(29)16-13-34-23(24-16)25-19(27)12-26-11-15(10-20(26)28)14-6-7-17(30-2)18(9-14)33-21-5-4-8-32-21/h6-7,9,13,15,21H,3-5,8,10-12H2,1-2H3,(H,24,25,27). The second-order valence-corrected chi connectivity index (χ2v) is 8.81. The molecule has 2 saturated heterocycles. The molecule has 2 aliphatic heterocycles. The summed E-state index contributed by atoms with van der Waals surface area (Å²) in [4.78, 5) is 42.4. The van der Waals surface area contributed by atoms with Crippen LogP contribution < -0.4 is 14.8 Å². The van der Waals surface area contributed by atoms with E-state index < -0.39 is 5.97 Å². The Morgan fingerprint density at radius 2 is 2.18 bits per heavy atom. The van der Waals surface area contributed by atoms with E-state index in [1.165, 1.54) is 10.3 Å². The summed E-state index contributed by atoms with van der Waals surface area (Å²) in [5, 5.41) is 4.44. The van der Waals surface area contributed by atoms with Crippen molar-refractivity contribution in [1.29, 1.82) is 0 Å². The van der Waals surface area contributed by atoms with Gasteiger partial charge in [-0.25, -0.2) is 9.78 Å². The summed E-state index contributed by atoms with van der Waals surface area (Å²) < 4.78 is 21.8. The van der Waals surface area contributed by atoms with Gasteiger partial charge in [0.1, 0.15) is 0 Å².